The van der Waals surface area contributed by atoms with E-state index in [1.54, 1.807) is 31.2 Å². The van der Waals surface area contributed by atoms with Crippen molar-refractivity contribution in [2.75, 3.05) is 13.2 Å². The van der Waals surface area contributed by atoms with Crippen molar-refractivity contribution in [2.24, 2.45) is 0 Å². The number of ether oxygens (including phenoxy) is 1. The molecule has 1 N–H and O–H groups in total. The van der Waals surface area contributed by atoms with Gasteiger partial charge >= 0.3 is 0 Å². The van der Waals surface area contributed by atoms with E-state index >= 15 is 0 Å². The number of carbonyl (C=O) groups is 2. The summed E-state index contributed by atoms with van der Waals surface area (Å²) in [6.07, 6.45) is 1.80. The Bertz CT molecular complexity index is 1060. The Morgan fingerprint density at radius 2 is 1.75 bits per heavy atom. The molecule has 0 bridgehead atoms. The number of hydrogen-bond acceptors (Lipinski definition) is 3. The maximum atomic E-state index is 14.3. The molecule has 6 heteroatoms. The van der Waals surface area contributed by atoms with Gasteiger partial charge in [0, 0.05) is 24.0 Å². The summed E-state index contributed by atoms with van der Waals surface area (Å²) in [6, 6.07) is 18.9. The second-order valence-electron chi connectivity index (χ2n) is 7.70. The molecule has 0 fully saturated rings. The Balaban J connectivity index is 1.77. The van der Waals surface area contributed by atoms with Crippen LogP contribution in [0.5, 0.6) is 5.75 Å². The number of amides is 2. The van der Waals surface area contributed by atoms with Crippen LogP contribution in [0.2, 0.25) is 0 Å². The number of nitrogens with one attached hydrogen (secondary N) is 1. The number of hydrogen-bond donors (Lipinski definition) is 1. The molecule has 0 aliphatic rings. The van der Waals surface area contributed by atoms with Crippen LogP contribution in [0, 0.1) is 5.82 Å². The van der Waals surface area contributed by atoms with Crippen molar-refractivity contribution >= 4 is 22.6 Å². The van der Waals surface area contributed by atoms with Crippen LogP contribution in [0.4, 0.5) is 4.39 Å². The third-order valence-electron chi connectivity index (χ3n) is 5.40. The van der Waals surface area contributed by atoms with Crippen LogP contribution in [-0.2, 0) is 16.1 Å². The molecule has 0 heterocycles. The fourth-order valence-corrected chi connectivity index (χ4v) is 3.47. The topological polar surface area (TPSA) is 58.6 Å². The van der Waals surface area contributed by atoms with Crippen molar-refractivity contribution in [3.8, 4) is 5.75 Å². The Labute approximate surface area is 188 Å². The lowest BCUT2D eigenvalue weighted by molar-refractivity contribution is -0.142. The van der Waals surface area contributed by atoms with E-state index in [2.05, 4.69) is 5.32 Å². The van der Waals surface area contributed by atoms with Crippen LogP contribution < -0.4 is 10.1 Å². The summed E-state index contributed by atoms with van der Waals surface area (Å²) in [5, 5.41) is 4.75. The molecule has 32 heavy (non-hydrogen) atoms. The van der Waals surface area contributed by atoms with Gasteiger partial charge in [0.25, 0.3) is 5.91 Å². The normalized spacial score (nSPS) is 11.7. The lowest BCUT2D eigenvalue weighted by Crippen LogP contribution is -2.49. The first-order valence-electron chi connectivity index (χ1n) is 10.9. The zero-order valence-electron chi connectivity index (χ0n) is 18.5. The van der Waals surface area contributed by atoms with Crippen molar-refractivity contribution in [1.29, 1.82) is 0 Å². The number of rotatable bonds is 10. The van der Waals surface area contributed by atoms with Crippen LogP contribution in [0.3, 0.4) is 0 Å². The van der Waals surface area contributed by atoms with Crippen molar-refractivity contribution in [1.82, 2.24) is 10.2 Å². The van der Waals surface area contributed by atoms with Gasteiger partial charge in [-0.3, -0.25) is 9.59 Å². The van der Waals surface area contributed by atoms with Gasteiger partial charge in [-0.15, -0.1) is 0 Å². The molecule has 0 saturated heterocycles. The van der Waals surface area contributed by atoms with E-state index in [4.69, 9.17) is 4.74 Å². The molecule has 3 aromatic rings. The van der Waals surface area contributed by atoms with Crippen LogP contribution in [0.1, 0.15) is 32.3 Å². The van der Waals surface area contributed by atoms with E-state index in [0.717, 1.165) is 23.6 Å². The summed E-state index contributed by atoms with van der Waals surface area (Å²) in [5.74, 6) is -0.492. The summed E-state index contributed by atoms with van der Waals surface area (Å²) < 4.78 is 20.1. The third-order valence-corrected chi connectivity index (χ3v) is 5.40. The fourth-order valence-electron chi connectivity index (χ4n) is 3.47. The Morgan fingerprint density at radius 3 is 2.53 bits per heavy atom. The second kappa shape index (κ2) is 11.3. The second-order valence-corrected chi connectivity index (χ2v) is 7.70. The highest BCUT2D eigenvalue weighted by Crippen LogP contribution is 2.25. The van der Waals surface area contributed by atoms with Gasteiger partial charge in [-0.1, -0.05) is 67.9 Å². The quantitative estimate of drug-likeness (QED) is 0.469. The van der Waals surface area contributed by atoms with E-state index in [-0.39, 0.29) is 25.0 Å². The summed E-state index contributed by atoms with van der Waals surface area (Å²) >= 11 is 0. The largest absolute Gasteiger partial charge is 0.483 e. The monoisotopic (exact) mass is 436 g/mol. The molecular formula is C26H29FN2O3. The molecule has 0 aromatic heterocycles. The van der Waals surface area contributed by atoms with Gasteiger partial charge in [-0.2, -0.15) is 0 Å². The van der Waals surface area contributed by atoms with E-state index < -0.39 is 11.9 Å². The fraction of sp³-hybridized carbons (Fsp3) is 0.308. The van der Waals surface area contributed by atoms with E-state index in [0.29, 0.717) is 17.9 Å². The summed E-state index contributed by atoms with van der Waals surface area (Å²) in [5.41, 5.74) is 0.346. The molecule has 0 aliphatic heterocycles. The Hall–Kier alpha value is -3.41. The number of fused-ring (bicyclic) bond motifs is 1. The van der Waals surface area contributed by atoms with Crippen molar-refractivity contribution < 1.29 is 18.7 Å². The van der Waals surface area contributed by atoms with Crippen molar-refractivity contribution in [2.45, 2.75) is 39.3 Å². The molecule has 0 saturated carbocycles. The molecule has 3 rings (SSSR count). The van der Waals surface area contributed by atoms with Crippen LogP contribution >= 0.6 is 0 Å². The highest BCUT2D eigenvalue weighted by Gasteiger charge is 2.27. The zero-order chi connectivity index (χ0) is 22.9. The highest BCUT2D eigenvalue weighted by atomic mass is 19.1. The van der Waals surface area contributed by atoms with E-state index in [1.165, 1.54) is 11.0 Å². The molecule has 0 unspecified atom stereocenters. The maximum absolute atomic E-state index is 14.3. The number of unbranched alkanes of at least 4 members (excludes halogenated alkanes) is 1. The number of carbonyl (C=O) groups excluding carboxylic acids is 2. The summed E-state index contributed by atoms with van der Waals surface area (Å²) in [7, 11) is 0. The smallest absolute Gasteiger partial charge is 0.261 e. The summed E-state index contributed by atoms with van der Waals surface area (Å²) in [4.78, 5) is 27.2. The van der Waals surface area contributed by atoms with Gasteiger partial charge in [0.1, 0.15) is 17.6 Å². The minimum absolute atomic E-state index is 0.0211. The average molecular weight is 437 g/mol. The van der Waals surface area contributed by atoms with Gasteiger partial charge in [-0.25, -0.2) is 4.39 Å². The van der Waals surface area contributed by atoms with Gasteiger partial charge in [0.2, 0.25) is 5.91 Å². The Kier molecular flexibility index (Phi) is 8.20. The molecule has 0 radical (unpaired) electrons. The molecule has 5 nitrogen and oxygen atoms in total. The van der Waals surface area contributed by atoms with Gasteiger partial charge in [0.05, 0.1) is 0 Å². The third kappa shape index (κ3) is 5.84. The SMILES string of the molecule is CCCCNC(=O)[C@@H](C)N(Cc1ccccc1F)C(=O)COc1cccc2ccccc12. The molecular weight excluding hydrogens is 407 g/mol. The predicted octanol–water partition coefficient (Wildman–Crippen LogP) is 4.69. The van der Waals surface area contributed by atoms with Crippen LogP contribution in [0.15, 0.2) is 66.7 Å². The zero-order valence-corrected chi connectivity index (χ0v) is 18.5. The van der Waals surface area contributed by atoms with E-state index in [1.807, 2.05) is 43.3 Å². The predicted molar refractivity (Wildman–Crippen MR) is 124 cm³/mol. The lowest BCUT2D eigenvalue weighted by atomic mass is 10.1. The van der Waals surface area contributed by atoms with Gasteiger partial charge < -0.3 is 15.0 Å². The molecule has 0 spiro atoms. The number of halogens is 1. The number of benzene rings is 3. The van der Waals surface area contributed by atoms with E-state index in [9.17, 15) is 14.0 Å². The standard InChI is InChI=1S/C26H29FN2O3/c1-3-4-16-28-26(31)19(2)29(17-21-11-6-8-14-23(21)27)25(30)18-32-24-15-9-12-20-10-5-7-13-22(20)24/h5-15,19H,3-4,16-18H2,1-2H3,(H,28,31)/t19-/m1/s1. The van der Waals surface area contributed by atoms with Crippen molar-refractivity contribution in [3.63, 3.8) is 0 Å². The van der Waals surface area contributed by atoms with Crippen molar-refractivity contribution in [3.05, 3.63) is 78.1 Å². The first-order chi connectivity index (χ1) is 15.5. The van der Waals surface area contributed by atoms with Crippen LogP contribution in [-0.4, -0.2) is 35.9 Å². The maximum Gasteiger partial charge on any atom is 0.261 e. The summed E-state index contributed by atoms with van der Waals surface area (Å²) in [6.45, 7) is 3.95. The van der Waals surface area contributed by atoms with Gasteiger partial charge in [0.15, 0.2) is 6.61 Å². The average Bonchev–Trinajstić information content (AvgIpc) is 2.81. The molecule has 168 valence electrons. The lowest BCUT2D eigenvalue weighted by Gasteiger charge is -2.29. The first-order valence-corrected chi connectivity index (χ1v) is 10.9. The molecule has 3 aromatic carbocycles. The minimum Gasteiger partial charge on any atom is -0.483 e. The highest BCUT2D eigenvalue weighted by molar-refractivity contribution is 5.90. The number of nitrogens with zero attached hydrogens (tertiary/aromatic N) is 1. The molecule has 0 aliphatic carbocycles. The molecule has 2 amide bonds. The molecule has 1 atom stereocenters. The first kappa shape index (κ1) is 23.3. The Morgan fingerprint density at radius 1 is 1.03 bits per heavy atom. The van der Waals surface area contributed by atoms with Gasteiger partial charge in [-0.05, 0) is 30.9 Å². The van der Waals surface area contributed by atoms with Crippen LogP contribution in [0.25, 0.3) is 10.8 Å². The minimum atomic E-state index is -0.768.